The lowest BCUT2D eigenvalue weighted by atomic mass is 9.79. The Balaban J connectivity index is 1.57. The number of benzene rings is 1. The van der Waals surface area contributed by atoms with E-state index in [1.807, 2.05) is 12.3 Å². The topological polar surface area (TPSA) is 47.0 Å². The van der Waals surface area contributed by atoms with Crippen molar-refractivity contribution in [2.75, 3.05) is 12.4 Å². The Kier molecular flexibility index (Phi) is 5.98. The maximum atomic E-state index is 5.44. The zero-order valence-electron chi connectivity index (χ0n) is 17.7. The molecule has 0 radical (unpaired) electrons. The minimum atomic E-state index is 0.519. The van der Waals surface area contributed by atoms with Gasteiger partial charge in [-0.05, 0) is 54.5 Å². The van der Waals surface area contributed by atoms with Crippen LogP contribution in [0.15, 0.2) is 48.8 Å². The molecule has 0 aliphatic heterocycles. The fraction of sp³-hybridized carbons (Fsp3) is 0.440. The molecular weight excluding hydrogens is 358 g/mol. The van der Waals surface area contributed by atoms with E-state index in [2.05, 4.69) is 54.5 Å². The molecule has 1 aromatic carbocycles. The van der Waals surface area contributed by atoms with Gasteiger partial charge in [-0.25, -0.2) is 9.97 Å². The molecule has 1 N–H and O–H groups in total. The first-order valence-electron chi connectivity index (χ1n) is 10.8. The maximum Gasteiger partial charge on any atom is 0.216 e. The standard InChI is InChI=1S/C25H31N3O/c1-17(2)18-10-12-21(13-11-18)28-24-23-9-5-4-8-22(23)20(16-27-24)15-19-7-6-14-26-25(19)29-3/h4-9,14,16-18,21H,10-13,15H2,1-3H3,(H,27,28). The van der Waals surface area contributed by atoms with Crippen molar-refractivity contribution in [2.24, 2.45) is 11.8 Å². The summed E-state index contributed by atoms with van der Waals surface area (Å²) in [6.45, 7) is 4.70. The first kappa shape index (κ1) is 19.7. The van der Waals surface area contributed by atoms with Crippen LogP contribution in [0.3, 0.4) is 0 Å². The molecule has 1 aliphatic rings. The van der Waals surface area contributed by atoms with E-state index in [0.717, 1.165) is 29.6 Å². The van der Waals surface area contributed by atoms with Crippen LogP contribution in [0.5, 0.6) is 5.88 Å². The Morgan fingerprint density at radius 3 is 2.45 bits per heavy atom. The highest BCUT2D eigenvalue weighted by atomic mass is 16.5. The van der Waals surface area contributed by atoms with E-state index in [9.17, 15) is 0 Å². The van der Waals surface area contributed by atoms with Gasteiger partial charge in [0.05, 0.1) is 7.11 Å². The number of pyridine rings is 2. The molecule has 2 heterocycles. The molecule has 0 saturated heterocycles. The van der Waals surface area contributed by atoms with Crippen molar-refractivity contribution >= 4 is 16.6 Å². The highest BCUT2D eigenvalue weighted by Crippen LogP contribution is 2.33. The highest BCUT2D eigenvalue weighted by molar-refractivity contribution is 5.94. The van der Waals surface area contributed by atoms with Crippen molar-refractivity contribution in [3.8, 4) is 5.88 Å². The van der Waals surface area contributed by atoms with Gasteiger partial charge in [-0.2, -0.15) is 0 Å². The number of ether oxygens (including phenoxy) is 1. The van der Waals surface area contributed by atoms with E-state index in [1.54, 1.807) is 13.3 Å². The summed E-state index contributed by atoms with van der Waals surface area (Å²) in [4.78, 5) is 9.17. The van der Waals surface area contributed by atoms with Crippen molar-refractivity contribution in [3.63, 3.8) is 0 Å². The van der Waals surface area contributed by atoms with Crippen LogP contribution in [0.1, 0.15) is 50.7 Å². The number of nitrogens with one attached hydrogen (secondary N) is 1. The molecule has 1 fully saturated rings. The SMILES string of the molecule is COc1ncccc1Cc1cnc(NC2CCC(C(C)C)CC2)c2ccccc12. The second-order valence-electron chi connectivity index (χ2n) is 8.53. The van der Waals surface area contributed by atoms with Crippen LogP contribution in [-0.2, 0) is 6.42 Å². The van der Waals surface area contributed by atoms with E-state index in [4.69, 9.17) is 9.72 Å². The summed E-state index contributed by atoms with van der Waals surface area (Å²) in [5.74, 6) is 3.35. The minimum Gasteiger partial charge on any atom is -0.481 e. The quantitative estimate of drug-likeness (QED) is 0.574. The lowest BCUT2D eigenvalue weighted by Crippen LogP contribution is -2.28. The number of anilines is 1. The third kappa shape index (κ3) is 4.36. The third-order valence-corrected chi connectivity index (χ3v) is 6.36. The monoisotopic (exact) mass is 389 g/mol. The van der Waals surface area contributed by atoms with Gasteiger partial charge in [0.15, 0.2) is 0 Å². The number of rotatable bonds is 6. The first-order chi connectivity index (χ1) is 14.2. The van der Waals surface area contributed by atoms with Crippen LogP contribution in [0.4, 0.5) is 5.82 Å². The molecule has 0 bridgehead atoms. The van der Waals surface area contributed by atoms with Crippen LogP contribution < -0.4 is 10.1 Å². The van der Waals surface area contributed by atoms with Gasteiger partial charge < -0.3 is 10.1 Å². The second-order valence-corrected chi connectivity index (χ2v) is 8.53. The largest absolute Gasteiger partial charge is 0.481 e. The molecule has 0 spiro atoms. The average Bonchev–Trinajstić information content (AvgIpc) is 2.76. The highest BCUT2D eigenvalue weighted by Gasteiger charge is 2.24. The van der Waals surface area contributed by atoms with Crippen molar-refractivity contribution in [1.29, 1.82) is 0 Å². The van der Waals surface area contributed by atoms with E-state index in [1.165, 1.54) is 42.0 Å². The molecule has 3 aromatic rings. The van der Waals surface area contributed by atoms with Crippen LogP contribution in [0.25, 0.3) is 10.8 Å². The molecule has 4 rings (SSSR count). The van der Waals surface area contributed by atoms with Crippen LogP contribution in [0, 0.1) is 11.8 Å². The lowest BCUT2D eigenvalue weighted by molar-refractivity contribution is 0.267. The first-order valence-corrected chi connectivity index (χ1v) is 10.8. The zero-order chi connectivity index (χ0) is 20.2. The molecular formula is C25H31N3O. The van der Waals surface area contributed by atoms with Crippen LogP contribution in [0.2, 0.25) is 0 Å². The van der Waals surface area contributed by atoms with Crippen molar-refractivity contribution < 1.29 is 4.74 Å². The van der Waals surface area contributed by atoms with Crippen molar-refractivity contribution in [3.05, 3.63) is 59.9 Å². The fourth-order valence-electron chi connectivity index (χ4n) is 4.58. The summed E-state index contributed by atoms with van der Waals surface area (Å²) in [6, 6.07) is 13.1. The summed E-state index contributed by atoms with van der Waals surface area (Å²) in [7, 11) is 1.67. The number of nitrogens with zero attached hydrogens (tertiary/aromatic N) is 2. The molecule has 1 saturated carbocycles. The average molecular weight is 390 g/mol. The predicted molar refractivity (Wildman–Crippen MR) is 120 cm³/mol. The summed E-state index contributed by atoms with van der Waals surface area (Å²) in [6.07, 6.45) is 9.61. The van der Waals surface area contributed by atoms with Crippen molar-refractivity contribution in [2.45, 2.75) is 52.0 Å². The Hall–Kier alpha value is -2.62. The van der Waals surface area contributed by atoms with Crippen LogP contribution in [-0.4, -0.2) is 23.1 Å². The minimum absolute atomic E-state index is 0.519. The van der Waals surface area contributed by atoms with Crippen molar-refractivity contribution in [1.82, 2.24) is 9.97 Å². The summed E-state index contributed by atoms with van der Waals surface area (Å²) >= 11 is 0. The zero-order valence-corrected chi connectivity index (χ0v) is 17.7. The lowest BCUT2D eigenvalue weighted by Gasteiger charge is -2.31. The molecule has 29 heavy (non-hydrogen) atoms. The van der Waals surface area contributed by atoms with E-state index in [-0.39, 0.29) is 0 Å². The Labute approximate surface area is 173 Å². The van der Waals surface area contributed by atoms with Gasteiger partial charge in [0.25, 0.3) is 0 Å². The van der Waals surface area contributed by atoms with Gasteiger partial charge in [0.2, 0.25) is 5.88 Å². The molecule has 4 nitrogen and oxygen atoms in total. The smallest absolute Gasteiger partial charge is 0.216 e. The number of hydrogen-bond donors (Lipinski definition) is 1. The van der Waals surface area contributed by atoms with E-state index in [0.29, 0.717) is 11.9 Å². The molecule has 0 atom stereocenters. The Morgan fingerprint density at radius 2 is 1.72 bits per heavy atom. The Bertz CT molecular complexity index is 961. The van der Waals surface area contributed by atoms with Gasteiger partial charge in [0, 0.05) is 35.8 Å². The summed E-state index contributed by atoms with van der Waals surface area (Å²) in [5, 5.41) is 6.18. The number of hydrogen-bond acceptors (Lipinski definition) is 4. The molecule has 2 aromatic heterocycles. The molecule has 4 heteroatoms. The molecule has 0 amide bonds. The third-order valence-electron chi connectivity index (χ3n) is 6.36. The molecule has 0 unspecified atom stereocenters. The molecule has 1 aliphatic carbocycles. The van der Waals surface area contributed by atoms with E-state index < -0.39 is 0 Å². The van der Waals surface area contributed by atoms with Gasteiger partial charge in [-0.3, -0.25) is 0 Å². The Morgan fingerprint density at radius 1 is 0.966 bits per heavy atom. The van der Waals surface area contributed by atoms with Crippen LogP contribution >= 0.6 is 0 Å². The second kappa shape index (κ2) is 8.81. The van der Waals surface area contributed by atoms with Gasteiger partial charge in [-0.15, -0.1) is 0 Å². The van der Waals surface area contributed by atoms with Gasteiger partial charge in [0.1, 0.15) is 5.82 Å². The number of methoxy groups -OCH3 is 1. The van der Waals surface area contributed by atoms with Gasteiger partial charge >= 0.3 is 0 Å². The number of aromatic nitrogens is 2. The maximum absolute atomic E-state index is 5.44. The number of fused-ring (bicyclic) bond motifs is 1. The normalized spacial score (nSPS) is 19.4. The van der Waals surface area contributed by atoms with E-state index >= 15 is 0 Å². The summed E-state index contributed by atoms with van der Waals surface area (Å²) < 4.78 is 5.44. The predicted octanol–water partition coefficient (Wildman–Crippen LogP) is 5.86. The fourth-order valence-corrected chi connectivity index (χ4v) is 4.58. The molecule has 152 valence electrons. The van der Waals surface area contributed by atoms with Gasteiger partial charge in [-0.1, -0.05) is 44.2 Å². The summed E-state index contributed by atoms with van der Waals surface area (Å²) in [5.41, 5.74) is 2.27.